The van der Waals surface area contributed by atoms with Crippen LogP contribution in [0.1, 0.15) is 18.5 Å². The Morgan fingerprint density at radius 3 is 3.08 bits per heavy atom. The molecule has 24 heavy (non-hydrogen) atoms. The normalized spacial score (nSPS) is 24.7. The van der Waals surface area contributed by atoms with Crippen LogP contribution in [0.2, 0.25) is 0 Å². The van der Waals surface area contributed by atoms with Gasteiger partial charge in [-0.1, -0.05) is 0 Å². The van der Waals surface area contributed by atoms with Crippen molar-refractivity contribution in [1.82, 2.24) is 19.8 Å². The van der Waals surface area contributed by atoms with E-state index in [2.05, 4.69) is 27.0 Å². The van der Waals surface area contributed by atoms with Crippen molar-refractivity contribution in [3.8, 4) is 0 Å². The summed E-state index contributed by atoms with van der Waals surface area (Å²) in [5.74, 6) is 0.320. The number of carbonyl (C=O) groups excluding carboxylic acids is 1. The molecule has 4 rings (SSSR count). The van der Waals surface area contributed by atoms with Gasteiger partial charge in [0, 0.05) is 50.6 Å². The number of hydrogen-bond donors (Lipinski definition) is 1. The first kappa shape index (κ1) is 15.6. The number of aromatic nitrogens is 2. The van der Waals surface area contributed by atoms with Crippen molar-refractivity contribution in [2.75, 3.05) is 39.9 Å². The molecule has 0 saturated carbocycles. The second kappa shape index (κ2) is 6.18. The van der Waals surface area contributed by atoms with Gasteiger partial charge in [0.15, 0.2) is 0 Å². The number of aromatic amines is 1. The van der Waals surface area contributed by atoms with E-state index in [-0.39, 0.29) is 5.41 Å². The van der Waals surface area contributed by atoms with E-state index >= 15 is 0 Å². The summed E-state index contributed by atoms with van der Waals surface area (Å²) in [4.78, 5) is 24.9. The molecular formula is C18H24N4O2. The molecule has 2 fully saturated rings. The molecule has 0 bridgehead atoms. The highest BCUT2D eigenvalue weighted by Crippen LogP contribution is 2.41. The van der Waals surface area contributed by atoms with Crippen LogP contribution in [0.3, 0.4) is 0 Å². The Morgan fingerprint density at radius 2 is 2.25 bits per heavy atom. The lowest BCUT2D eigenvalue weighted by molar-refractivity contribution is -0.136. The average molecular weight is 328 g/mol. The van der Waals surface area contributed by atoms with E-state index in [4.69, 9.17) is 4.74 Å². The third-order valence-corrected chi connectivity index (χ3v) is 5.44. The maximum atomic E-state index is 12.8. The topological polar surface area (TPSA) is 61.5 Å². The number of H-pyrrole nitrogens is 1. The number of nitrogens with zero attached hydrogens (tertiary/aromatic N) is 3. The number of methoxy groups -OCH3 is 1. The predicted octanol–water partition coefficient (Wildman–Crippen LogP) is 1.63. The largest absolute Gasteiger partial charge is 0.383 e. The molecule has 1 spiro atoms. The van der Waals surface area contributed by atoms with Gasteiger partial charge in [-0.05, 0) is 37.6 Å². The minimum absolute atomic E-state index is 0.169. The van der Waals surface area contributed by atoms with E-state index in [1.54, 1.807) is 13.3 Å². The van der Waals surface area contributed by atoms with Gasteiger partial charge in [-0.2, -0.15) is 0 Å². The highest BCUT2D eigenvalue weighted by molar-refractivity contribution is 5.85. The summed E-state index contributed by atoms with van der Waals surface area (Å²) in [6, 6.07) is 6.19. The molecule has 6 nitrogen and oxygen atoms in total. The van der Waals surface area contributed by atoms with Crippen LogP contribution in [0, 0.1) is 5.41 Å². The first-order chi connectivity index (χ1) is 11.7. The molecule has 1 atom stereocenters. The summed E-state index contributed by atoms with van der Waals surface area (Å²) in [5, 5.41) is 1.14. The Bertz CT molecular complexity index is 710. The molecule has 4 heterocycles. The molecule has 0 aromatic carbocycles. The van der Waals surface area contributed by atoms with Gasteiger partial charge in [-0.3, -0.25) is 9.69 Å². The molecule has 0 aliphatic carbocycles. The number of amides is 1. The number of nitrogens with one attached hydrogen (secondary N) is 1. The molecule has 2 aliphatic rings. The van der Waals surface area contributed by atoms with Crippen LogP contribution in [0.4, 0.5) is 0 Å². The van der Waals surface area contributed by atoms with Crippen LogP contribution in [0.25, 0.3) is 11.0 Å². The molecule has 2 aromatic rings. The van der Waals surface area contributed by atoms with Gasteiger partial charge >= 0.3 is 0 Å². The quantitative estimate of drug-likeness (QED) is 0.906. The lowest BCUT2D eigenvalue weighted by Crippen LogP contribution is -2.38. The predicted molar refractivity (Wildman–Crippen MR) is 91.5 cm³/mol. The maximum Gasteiger partial charge on any atom is 0.230 e. The zero-order chi connectivity index (χ0) is 16.6. The van der Waals surface area contributed by atoms with E-state index in [9.17, 15) is 4.79 Å². The van der Waals surface area contributed by atoms with Crippen LogP contribution in [-0.4, -0.2) is 65.6 Å². The Labute approximate surface area is 141 Å². The summed E-state index contributed by atoms with van der Waals surface area (Å²) in [6.45, 7) is 4.89. The monoisotopic (exact) mass is 328 g/mol. The average Bonchev–Trinajstić information content (AvgIpc) is 3.26. The number of fused-ring (bicyclic) bond motifs is 1. The van der Waals surface area contributed by atoms with Crippen LogP contribution < -0.4 is 0 Å². The SMILES string of the molecule is COCCN1CCC2(CCN(Cc3cc4cccnc4[nH]3)C2)C1=O. The lowest BCUT2D eigenvalue weighted by atomic mass is 9.85. The van der Waals surface area contributed by atoms with E-state index in [1.165, 1.54) is 5.69 Å². The van der Waals surface area contributed by atoms with Crippen molar-refractivity contribution < 1.29 is 9.53 Å². The van der Waals surface area contributed by atoms with Gasteiger partial charge in [0.2, 0.25) is 5.91 Å². The van der Waals surface area contributed by atoms with E-state index in [0.29, 0.717) is 19.1 Å². The van der Waals surface area contributed by atoms with Crippen molar-refractivity contribution in [2.45, 2.75) is 19.4 Å². The minimum Gasteiger partial charge on any atom is -0.383 e. The summed E-state index contributed by atoms with van der Waals surface area (Å²) >= 11 is 0. The maximum absolute atomic E-state index is 12.8. The number of pyridine rings is 1. The van der Waals surface area contributed by atoms with E-state index in [1.807, 2.05) is 11.0 Å². The van der Waals surface area contributed by atoms with Crippen LogP contribution in [0.5, 0.6) is 0 Å². The van der Waals surface area contributed by atoms with Crippen molar-refractivity contribution >= 4 is 16.9 Å². The molecule has 0 radical (unpaired) electrons. The van der Waals surface area contributed by atoms with Crippen LogP contribution >= 0.6 is 0 Å². The molecule has 1 amide bonds. The Balaban J connectivity index is 1.42. The summed E-state index contributed by atoms with van der Waals surface area (Å²) in [6.07, 6.45) is 3.74. The van der Waals surface area contributed by atoms with Gasteiger partial charge in [0.1, 0.15) is 5.65 Å². The van der Waals surface area contributed by atoms with Crippen LogP contribution in [0.15, 0.2) is 24.4 Å². The fourth-order valence-electron chi connectivity index (χ4n) is 4.12. The summed E-state index contributed by atoms with van der Waals surface area (Å²) in [7, 11) is 1.68. The Hall–Kier alpha value is -1.92. The second-order valence-corrected chi connectivity index (χ2v) is 7.01. The highest BCUT2D eigenvalue weighted by Gasteiger charge is 2.50. The van der Waals surface area contributed by atoms with Crippen molar-refractivity contribution in [1.29, 1.82) is 0 Å². The van der Waals surface area contributed by atoms with Gasteiger partial charge < -0.3 is 14.6 Å². The van der Waals surface area contributed by atoms with Gasteiger partial charge in [0.05, 0.1) is 12.0 Å². The summed E-state index contributed by atoms with van der Waals surface area (Å²) < 4.78 is 5.12. The standard InChI is InChI=1S/C18H24N4O2/c1-24-10-9-22-8-5-18(17(22)23)4-7-21(13-18)12-15-11-14-3-2-6-19-16(14)20-15/h2-3,6,11H,4-5,7-10,12-13H2,1H3,(H,19,20). The number of rotatable bonds is 5. The first-order valence-electron chi connectivity index (χ1n) is 8.63. The van der Waals surface area contributed by atoms with Gasteiger partial charge in [-0.25, -0.2) is 4.98 Å². The fourth-order valence-corrected chi connectivity index (χ4v) is 4.12. The Kier molecular flexibility index (Phi) is 4.02. The molecule has 2 saturated heterocycles. The van der Waals surface area contributed by atoms with E-state index in [0.717, 1.165) is 50.1 Å². The number of carbonyl (C=O) groups is 1. The number of likely N-dealkylation sites (tertiary alicyclic amines) is 2. The Morgan fingerprint density at radius 1 is 1.38 bits per heavy atom. The fraction of sp³-hybridized carbons (Fsp3) is 0.556. The van der Waals surface area contributed by atoms with E-state index < -0.39 is 0 Å². The molecular weight excluding hydrogens is 304 g/mol. The highest BCUT2D eigenvalue weighted by atomic mass is 16.5. The number of ether oxygens (including phenoxy) is 1. The molecule has 2 aromatic heterocycles. The first-order valence-corrected chi connectivity index (χ1v) is 8.63. The third-order valence-electron chi connectivity index (χ3n) is 5.44. The van der Waals surface area contributed by atoms with Gasteiger partial charge in [0.25, 0.3) is 0 Å². The van der Waals surface area contributed by atoms with Gasteiger partial charge in [-0.15, -0.1) is 0 Å². The second-order valence-electron chi connectivity index (χ2n) is 7.01. The molecule has 1 N–H and O–H groups in total. The third kappa shape index (κ3) is 2.70. The van der Waals surface area contributed by atoms with Crippen LogP contribution in [-0.2, 0) is 16.1 Å². The zero-order valence-corrected chi connectivity index (χ0v) is 14.1. The van der Waals surface area contributed by atoms with Crippen molar-refractivity contribution in [3.05, 3.63) is 30.1 Å². The molecule has 1 unspecified atom stereocenters. The smallest absolute Gasteiger partial charge is 0.230 e. The molecule has 6 heteroatoms. The number of hydrogen-bond acceptors (Lipinski definition) is 4. The zero-order valence-electron chi connectivity index (χ0n) is 14.1. The molecule has 2 aliphatic heterocycles. The van der Waals surface area contributed by atoms with Crippen molar-refractivity contribution in [3.63, 3.8) is 0 Å². The summed E-state index contributed by atoms with van der Waals surface area (Å²) in [5.41, 5.74) is 1.93. The minimum atomic E-state index is -0.169. The molecule has 128 valence electrons. The lowest BCUT2D eigenvalue weighted by Gasteiger charge is -2.23. The van der Waals surface area contributed by atoms with Crippen molar-refractivity contribution in [2.24, 2.45) is 5.41 Å².